The number of fused-ring (bicyclic) bond motifs is 1. The number of aromatic nitrogens is 1. The summed E-state index contributed by atoms with van der Waals surface area (Å²) in [6.07, 6.45) is 1.95. The topological polar surface area (TPSA) is 38.0 Å². The van der Waals surface area contributed by atoms with Gasteiger partial charge in [-0.2, -0.15) is 5.26 Å². The van der Waals surface area contributed by atoms with Gasteiger partial charge in [0.1, 0.15) is 12.3 Å². The number of nitriles is 1. The van der Waals surface area contributed by atoms with Crippen LogP contribution in [0, 0.1) is 11.3 Å². The highest BCUT2D eigenvalue weighted by Gasteiger charge is 2.39. The van der Waals surface area contributed by atoms with Crippen molar-refractivity contribution in [3.05, 3.63) is 30.5 Å². The van der Waals surface area contributed by atoms with Crippen molar-refractivity contribution < 1.29 is 4.43 Å². The van der Waals surface area contributed by atoms with Crippen LogP contribution >= 0.6 is 0 Å². The molecule has 0 aliphatic rings. The molecule has 0 N–H and O–H groups in total. The Labute approximate surface area is 121 Å². The Hall–Kier alpha value is -1.73. The summed E-state index contributed by atoms with van der Waals surface area (Å²) in [6.45, 7) is 11.6. The Morgan fingerprint density at radius 1 is 1.25 bits per heavy atom. The van der Waals surface area contributed by atoms with Gasteiger partial charge in [0.2, 0.25) is 0 Å². The average Bonchev–Trinajstić information content (AvgIpc) is 2.72. The molecule has 0 bridgehead atoms. The Morgan fingerprint density at radius 3 is 2.55 bits per heavy atom. The summed E-state index contributed by atoms with van der Waals surface area (Å²) in [4.78, 5) is 0. The van der Waals surface area contributed by atoms with Gasteiger partial charge < -0.3 is 8.99 Å². The molecule has 0 aliphatic carbocycles. The molecular weight excluding hydrogens is 264 g/mol. The van der Waals surface area contributed by atoms with Crippen LogP contribution in [0.1, 0.15) is 20.8 Å². The first kappa shape index (κ1) is 14.7. The predicted octanol–water partition coefficient (Wildman–Crippen LogP) is 4.55. The fourth-order valence-corrected chi connectivity index (χ4v) is 2.96. The Kier molecular flexibility index (Phi) is 3.66. The molecule has 20 heavy (non-hydrogen) atoms. The lowest BCUT2D eigenvalue weighted by Gasteiger charge is -2.36. The van der Waals surface area contributed by atoms with Crippen molar-refractivity contribution in [2.24, 2.45) is 0 Å². The largest absolute Gasteiger partial charge is 0.543 e. The second-order valence-electron chi connectivity index (χ2n) is 6.65. The third-order valence-corrected chi connectivity index (χ3v) is 8.53. The predicted molar refractivity (Wildman–Crippen MR) is 85.4 cm³/mol. The minimum Gasteiger partial charge on any atom is -0.543 e. The number of rotatable bonds is 3. The summed E-state index contributed by atoms with van der Waals surface area (Å²) in [7, 11) is -1.85. The van der Waals surface area contributed by atoms with Crippen LogP contribution < -0.4 is 4.43 Å². The minimum atomic E-state index is -1.85. The van der Waals surface area contributed by atoms with Crippen molar-refractivity contribution in [3.63, 3.8) is 0 Å². The van der Waals surface area contributed by atoms with E-state index in [2.05, 4.69) is 39.9 Å². The molecule has 0 atom stereocenters. The molecule has 106 valence electrons. The number of hydrogen-bond acceptors (Lipinski definition) is 2. The van der Waals surface area contributed by atoms with Crippen LogP contribution in [0.15, 0.2) is 30.5 Å². The SMILES string of the molecule is CC(C)(C)[Si](C)(C)Oc1cccc2c1ccn2CC#N. The monoisotopic (exact) mass is 286 g/mol. The molecule has 0 spiro atoms. The Balaban J connectivity index is 2.44. The maximum atomic E-state index is 8.86. The quantitative estimate of drug-likeness (QED) is 0.776. The van der Waals surface area contributed by atoms with E-state index in [1.165, 1.54) is 0 Å². The van der Waals surface area contributed by atoms with E-state index in [9.17, 15) is 0 Å². The number of nitrogens with zero attached hydrogens (tertiary/aromatic N) is 2. The molecule has 1 aromatic carbocycles. The molecular formula is C16H22N2OSi. The third-order valence-electron chi connectivity index (χ3n) is 4.19. The number of benzene rings is 1. The zero-order valence-corrected chi connectivity index (χ0v) is 13.9. The standard InChI is InChI=1S/C16H22N2OSi/c1-16(2,3)20(4,5)19-15-8-6-7-14-13(15)9-11-18(14)12-10-17/h6-9,11H,12H2,1-5H3. The van der Waals surface area contributed by atoms with Crippen molar-refractivity contribution >= 4 is 19.2 Å². The first-order valence-electron chi connectivity index (χ1n) is 6.90. The van der Waals surface area contributed by atoms with Gasteiger partial charge in [0, 0.05) is 11.6 Å². The van der Waals surface area contributed by atoms with E-state index < -0.39 is 8.32 Å². The first-order chi connectivity index (χ1) is 9.26. The van der Waals surface area contributed by atoms with Crippen LogP contribution in [0.4, 0.5) is 0 Å². The first-order valence-corrected chi connectivity index (χ1v) is 9.81. The maximum absolute atomic E-state index is 8.86. The van der Waals surface area contributed by atoms with Crippen LogP contribution in [0.3, 0.4) is 0 Å². The van der Waals surface area contributed by atoms with Crippen LogP contribution in [0.5, 0.6) is 5.75 Å². The zero-order valence-electron chi connectivity index (χ0n) is 12.9. The fraction of sp³-hybridized carbons (Fsp3) is 0.438. The van der Waals surface area contributed by atoms with Gasteiger partial charge >= 0.3 is 0 Å². The molecule has 4 heteroatoms. The van der Waals surface area contributed by atoms with Crippen molar-refractivity contribution in [3.8, 4) is 11.8 Å². The Bertz CT molecular complexity index is 659. The van der Waals surface area contributed by atoms with Gasteiger partial charge in [-0.05, 0) is 36.3 Å². The van der Waals surface area contributed by atoms with E-state index in [0.717, 1.165) is 16.7 Å². The molecule has 0 saturated heterocycles. The van der Waals surface area contributed by atoms with E-state index in [4.69, 9.17) is 9.69 Å². The van der Waals surface area contributed by atoms with Gasteiger partial charge in [-0.25, -0.2) is 0 Å². The maximum Gasteiger partial charge on any atom is 0.250 e. The second-order valence-corrected chi connectivity index (χ2v) is 11.4. The van der Waals surface area contributed by atoms with Gasteiger partial charge in [0.15, 0.2) is 0 Å². The van der Waals surface area contributed by atoms with E-state index in [1.807, 2.05) is 35.0 Å². The summed E-state index contributed by atoms with van der Waals surface area (Å²) < 4.78 is 8.37. The van der Waals surface area contributed by atoms with E-state index in [1.54, 1.807) is 0 Å². The van der Waals surface area contributed by atoms with Crippen molar-refractivity contribution in [1.29, 1.82) is 5.26 Å². The van der Waals surface area contributed by atoms with Crippen LogP contribution in [0.25, 0.3) is 10.9 Å². The lowest BCUT2D eigenvalue weighted by atomic mass is 10.2. The lowest BCUT2D eigenvalue weighted by molar-refractivity contribution is 0.496. The summed E-state index contributed by atoms with van der Waals surface area (Å²) in [5.41, 5.74) is 1.06. The van der Waals surface area contributed by atoms with Crippen molar-refractivity contribution in [1.82, 2.24) is 4.57 Å². The molecule has 2 rings (SSSR count). The summed E-state index contributed by atoms with van der Waals surface area (Å²) >= 11 is 0. The van der Waals surface area contributed by atoms with E-state index in [-0.39, 0.29) is 5.04 Å². The van der Waals surface area contributed by atoms with Crippen molar-refractivity contribution in [2.45, 2.75) is 45.4 Å². The fourth-order valence-electron chi connectivity index (χ4n) is 1.93. The van der Waals surface area contributed by atoms with Crippen molar-refractivity contribution in [2.75, 3.05) is 0 Å². The number of hydrogen-bond donors (Lipinski definition) is 0. The lowest BCUT2D eigenvalue weighted by Crippen LogP contribution is -2.43. The van der Waals surface area contributed by atoms with Crippen LogP contribution in [-0.4, -0.2) is 12.9 Å². The van der Waals surface area contributed by atoms with E-state index >= 15 is 0 Å². The zero-order chi connectivity index (χ0) is 15.0. The molecule has 2 aromatic rings. The van der Waals surface area contributed by atoms with Gasteiger partial charge in [0.05, 0.1) is 11.6 Å². The van der Waals surface area contributed by atoms with Gasteiger partial charge in [-0.1, -0.05) is 26.8 Å². The molecule has 1 heterocycles. The minimum absolute atomic E-state index is 0.171. The molecule has 0 unspecified atom stereocenters. The molecule has 0 fully saturated rings. The third kappa shape index (κ3) is 2.59. The Morgan fingerprint density at radius 2 is 1.95 bits per heavy atom. The average molecular weight is 286 g/mol. The molecule has 0 amide bonds. The normalized spacial score (nSPS) is 12.4. The molecule has 0 radical (unpaired) electrons. The van der Waals surface area contributed by atoms with E-state index in [0.29, 0.717) is 6.54 Å². The van der Waals surface area contributed by atoms with Gasteiger partial charge in [-0.15, -0.1) is 0 Å². The van der Waals surface area contributed by atoms with Gasteiger partial charge in [0.25, 0.3) is 8.32 Å². The molecule has 1 aromatic heterocycles. The highest BCUT2D eigenvalue weighted by molar-refractivity contribution is 6.74. The van der Waals surface area contributed by atoms with Crippen LogP contribution in [0.2, 0.25) is 18.1 Å². The van der Waals surface area contributed by atoms with Crippen LogP contribution in [-0.2, 0) is 6.54 Å². The summed E-state index contributed by atoms with van der Waals surface area (Å²) in [5, 5.41) is 10.1. The highest BCUT2D eigenvalue weighted by Crippen LogP contribution is 2.39. The molecule has 0 aliphatic heterocycles. The highest BCUT2D eigenvalue weighted by atomic mass is 28.4. The smallest absolute Gasteiger partial charge is 0.250 e. The summed E-state index contributed by atoms with van der Waals surface area (Å²) in [6, 6.07) is 10.3. The molecule has 0 saturated carbocycles. The summed E-state index contributed by atoms with van der Waals surface area (Å²) in [5.74, 6) is 0.936. The second kappa shape index (κ2) is 4.99. The molecule has 3 nitrogen and oxygen atoms in total. The van der Waals surface area contributed by atoms with Gasteiger partial charge in [-0.3, -0.25) is 0 Å².